The fourth-order valence-electron chi connectivity index (χ4n) is 5.51. The lowest BCUT2D eigenvalue weighted by Crippen LogP contribution is -2.33. The molecule has 0 bridgehead atoms. The molecule has 5 heteroatoms. The van der Waals surface area contributed by atoms with E-state index < -0.39 is 0 Å². The molecule has 0 heterocycles. The smallest absolute Gasteiger partial charge is 0.137 e. The number of rotatable bonds is 35. The molecule has 0 saturated heterocycles. The van der Waals surface area contributed by atoms with Crippen molar-refractivity contribution in [1.29, 1.82) is 0 Å². The van der Waals surface area contributed by atoms with Crippen molar-refractivity contribution in [2.75, 3.05) is 20.8 Å². The second kappa shape index (κ2) is 36.0. The maximum Gasteiger partial charge on any atom is 0.137 e. The van der Waals surface area contributed by atoms with Crippen molar-refractivity contribution in [2.45, 2.75) is 174 Å². The topological polar surface area (TPSA) is 55.8 Å². The van der Waals surface area contributed by atoms with Crippen LogP contribution in [0.25, 0.3) is 0 Å². The van der Waals surface area contributed by atoms with E-state index in [-0.39, 0.29) is 23.9 Å². The first-order valence-corrected chi connectivity index (χ1v) is 19.1. The van der Waals surface area contributed by atoms with Gasteiger partial charge in [0.1, 0.15) is 11.6 Å². The van der Waals surface area contributed by atoms with Crippen molar-refractivity contribution in [3.05, 3.63) is 48.6 Å². The third-order valence-electron chi connectivity index (χ3n) is 8.49. The molecule has 5 nitrogen and oxygen atoms in total. The summed E-state index contributed by atoms with van der Waals surface area (Å²) >= 11 is 0. The Labute approximate surface area is 285 Å². The first-order valence-electron chi connectivity index (χ1n) is 19.1. The summed E-state index contributed by atoms with van der Waals surface area (Å²) in [5, 5.41) is 1.31. The molecule has 0 aliphatic heterocycles. The first-order chi connectivity index (χ1) is 22.6. The number of ketones is 2. The Morgan fingerprint density at radius 2 is 0.913 bits per heavy atom. The summed E-state index contributed by atoms with van der Waals surface area (Å²) in [6.45, 7) is 4.78. The molecule has 0 aliphatic carbocycles. The van der Waals surface area contributed by atoms with E-state index in [2.05, 4.69) is 62.5 Å². The van der Waals surface area contributed by atoms with Gasteiger partial charge in [0, 0.05) is 25.2 Å². The van der Waals surface area contributed by atoms with Crippen LogP contribution < -0.4 is 0 Å². The van der Waals surface area contributed by atoms with Crippen LogP contribution in [0.2, 0.25) is 0 Å². The van der Waals surface area contributed by atoms with Crippen LogP contribution in [0.15, 0.2) is 48.6 Å². The number of Topliss-reactive ketones (excluding diaryl/α,β-unsaturated/α-hetero) is 2. The lowest BCUT2D eigenvalue weighted by molar-refractivity contribution is -0.345. The number of allylic oxidation sites excluding steroid dienone is 8. The van der Waals surface area contributed by atoms with Crippen molar-refractivity contribution in [2.24, 2.45) is 5.92 Å². The molecule has 0 fully saturated rings. The Balaban J connectivity index is 4.09. The molecule has 0 radical (unpaired) electrons. The normalized spacial score (nSPS) is 13.0. The molecular formula is C41H73NO4. The second-order valence-electron chi connectivity index (χ2n) is 12.7. The van der Waals surface area contributed by atoms with E-state index in [1.54, 1.807) is 0 Å². The van der Waals surface area contributed by atoms with Crippen LogP contribution >= 0.6 is 0 Å². The van der Waals surface area contributed by atoms with Crippen molar-refractivity contribution in [3.63, 3.8) is 0 Å². The van der Waals surface area contributed by atoms with E-state index in [1.165, 1.54) is 96.5 Å². The zero-order valence-electron chi connectivity index (χ0n) is 30.7. The number of carbonyl (C=O) groups is 2. The quantitative estimate of drug-likeness (QED) is 0.0391. The second-order valence-corrected chi connectivity index (χ2v) is 12.7. The lowest BCUT2D eigenvalue weighted by atomic mass is 9.92. The number of hydrogen-bond donors (Lipinski definition) is 0. The molecule has 0 amide bonds. The number of hydrogen-bond acceptors (Lipinski definition) is 5. The van der Waals surface area contributed by atoms with Gasteiger partial charge in [-0.05, 0) is 77.0 Å². The Bertz CT molecular complexity index is 796. The highest BCUT2D eigenvalue weighted by Gasteiger charge is 2.24. The zero-order valence-corrected chi connectivity index (χ0v) is 30.7. The van der Waals surface area contributed by atoms with Crippen molar-refractivity contribution >= 4 is 11.6 Å². The maximum atomic E-state index is 13.1. The summed E-state index contributed by atoms with van der Waals surface area (Å²) in [6.07, 6.45) is 45.3. The molecular weight excluding hydrogens is 570 g/mol. The third-order valence-corrected chi connectivity index (χ3v) is 8.49. The summed E-state index contributed by atoms with van der Waals surface area (Å²) in [4.78, 5) is 36.3. The molecule has 1 atom stereocenters. The first kappa shape index (κ1) is 44.2. The van der Waals surface area contributed by atoms with E-state index in [1.807, 2.05) is 0 Å². The van der Waals surface area contributed by atoms with Gasteiger partial charge in [-0.25, -0.2) is 0 Å². The van der Waals surface area contributed by atoms with Crippen LogP contribution in [0.1, 0.15) is 174 Å². The maximum absolute atomic E-state index is 13.1. The SMILES string of the molecule is CCCCC/C=C\C/C=C\CCCCCCCC(=O)CC(CN(OC)OC)C(=O)CCCCCCC/C=C\C/C=C\CCCCC. The van der Waals surface area contributed by atoms with E-state index in [4.69, 9.17) is 9.68 Å². The summed E-state index contributed by atoms with van der Waals surface area (Å²) in [7, 11) is 3.05. The predicted octanol–water partition coefficient (Wildman–Crippen LogP) is 12.2. The number of carbonyl (C=O) groups excluding carboxylic acids is 2. The molecule has 0 rings (SSSR count). The van der Waals surface area contributed by atoms with Gasteiger partial charge in [-0.15, -0.1) is 0 Å². The van der Waals surface area contributed by atoms with Crippen LogP contribution in [0, 0.1) is 5.92 Å². The molecule has 0 aromatic carbocycles. The summed E-state index contributed by atoms with van der Waals surface area (Å²) in [5.74, 6) is -0.0504. The number of hydroxylamine groups is 2. The summed E-state index contributed by atoms with van der Waals surface area (Å²) < 4.78 is 0. The minimum Gasteiger partial charge on any atom is -0.300 e. The molecule has 0 aliphatic rings. The van der Waals surface area contributed by atoms with Crippen LogP contribution in [0.4, 0.5) is 0 Å². The molecule has 266 valence electrons. The summed E-state index contributed by atoms with van der Waals surface area (Å²) in [5.41, 5.74) is 0. The van der Waals surface area contributed by atoms with Crippen molar-refractivity contribution < 1.29 is 19.3 Å². The molecule has 0 N–H and O–H groups in total. The molecule has 1 unspecified atom stereocenters. The van der Waals surface area contributed by atoms with Gasteiger partial charge in [0.05, 0.1) is 20.8 Å². The number of nitrogens with zero attached hydrogens (tertiary/aromatic N) is 1. The third kappa shape index (κ3) is 30.8. The van der Waals surface area contributed by atoms with Gasteiger partial charge in [0.25, 0.3) is 0 Å². The van der Waals surface area contributed by atoms with Gasteiger partial charge in [0.2, 0.25) is 0 Å². The highest BCUT2D eigenvalue weighted by Crippen LogP contribution is 2.17. The standard InChI is InChI=1S/C41H73NO4/c1-5-7-9-11-13-15-17-19-21-23-25-27-29-31-33-35-40(43)37-39(38-42(45-3)46-4)41(44)36-34-32-30-28-26-24-22-20-18-16-14-12-10-8-6-2/h13-16,19-22,39H,5-12,17-18,23-38H2,1-4H3/b15-13-,16-14-,21-19-,22-20-. The fourth-order valence-corrected chi connectivity index (χ4v) is 5.51. The van der Waals surface area contributed by atoms with Gasteiger partial charge < -0.3 is 0 Å². The van der Waals surface area contributed by atoms with E-state index in [9.17, 15) is 9.59 Å². The van der Waals surface area contributed by atoms with Crippen LogP contribution in [-0.2, 0) is 19.3 Å². The van der Waals surface area contributed by atoms with E-state index in [0.29, 0.717) is 19.4 Å². The van der Waals surface area contributed by atoms with Crippen LogP contribution in [0.3, 0.4) is 0 Å². The molecule has 0 aromatic rings. The number of unbranched alkanes of at least 4 members (excludes halogenated alkanes) is 16. The minimum atomic E-state index is -0.379. The van der Waals surface area contributed by atoms with Gasteiger partial charge in [0.15, 0.2) is 0 Å². The average Bonchev–Trinajstić information content (AvgIpc) is 3.06. The van der Waals surface area contributed by atoms with Gasteiger partial charge in [-0.3, -0.25) is 19.3 Å². The Morgan fingerprint density at radius 3 is 1.35 bits per heavy atom. The minimum absolute atomic E-state index is 0.151. The monoisotopic (exact) mass is 644 g/mol. The van der Waals surface area contributed by atoms with Gasteiger partial charge in [-0.1, -0.05) is 132 Å². The zero-order chi connectivity index (χ0) is 33.8. The van der Waals surface area contributed by atoms with Gasteiger partial charge >= 0.3 is 0 Å². The molecule has 46 heavy (non-hydrogen) atoms. The highest BCUT2D eigenvalue weighted by atomic mass is 16.9. The summed E-state index contributed by atoms with van der Waals surface area (Å²) in [6, 6.07) is 0. The molecule has 0 saturated carbocycles. The predicted molar refractivity (Wildman–Crippen MR) is 198 cm³/mol. The van der Waals surface area contributed by atoms with Crippen molar-refractivity contribution in [3.8, 4) is 0 Å². The molecule has 0 spiro atoms. The van der Waals surface area contributed by atoms with Gasteiger partial charge in [-0.2, -0.15) is 0 Å². The highest BCUT2D eigenvalue weighted by molar-refractivity contribution is 5.88. The Morgan fingerprint density at radius 1 is 0.522 bits per heavy atom. The average molecular weight is 644 g/mol. The van der Waals surface area contributed by atoms with Crippen molar-refractivity contribution in [1.82, 2.24) is 5.23 Å². The fraction of sp³-hybridized carbons (Fsp3) is 0.756. The van der Waals surface area contributed by atoms with Crippen LogP contribution in [0.5, 0.6) is 0 Å². The molecule has 0 aromatic heterocycles. The largest absolute Gasteiger partial charge is 0.300 e. The lowest BCUT2D eigenvalue weighted by Gasteiger charge is -2.22. The Kier molecular flexibility index (Phi) is 34.6. The van der Waals surface area contributed by atoms with E-state index in [0.717, 1.165) is 64.2 Å². The Hall–Kier alpha value is -1.82. The van der Waals surface area contributed by atoms with Crippen LogP contribution in [-0.4, -0.2) is 37.6 Å². The van der Waals surface area contributed by atoms with E-state index >= 15 is 0 Å².